The Labute approximate surface area is 96.7 Å². The molecule has 0 spiro atoms. The Balaban J connectivity index is 2.09. The quantitative estimate of drug-likeness (QED) is 0.760. The molecular weight excluding hydrogens is 198 g/mol. The lowest BCUT2D eigenvalue weighted by molar-refractivity contribution is -0.670. The molecule has 16 heavy (non-hydrogen) atoms. The molecule has 0 saturated carbocycles. The number of fused-ring (bicyclic) bond motifs is 1. The minimum atomic E-state index is 1.05. The minimum absolute atomic E-state index is 1.05. The summed E-state index contributed by atoms with van der Waals surface area (Å²) in [6.45, 7) is 8.83. The lowest BCUT2D eigenvalue weighted by Crippen LogP contribution is -2.39. The molecule has 0 aliphatic heterocycles. The first-order valence-corrected chi connectivity index (χ1v) is 6.03. The summed E-state index contributed by atoms with van der Waals surface area (Å²) in [4.78, 5) is 5.73. The van der Waals surface area contributed by atoms with Gasteiger partial charge in [0.05, 0.1) is 0 Å². The van der Waals surface area contributed by atoms with E-state index in [1.54, 1.807) is 0 Å². The van der Waals surface area contributed by atoms with Crippen molar-refractivity contribution in [2.24, 2.45) is 0 Å². The maximum Gasteiger partial charge on any atom is 0.242 e. The van der Waals surface area contributed by atoms with Crippen molar-refractivity contribution < 1.29 is 4.57 Å². The zero-order valence-corrected chi connectivity index (χ0v) is 10.1. The van der Waals surface area contributed by atoms with Crippen molar-refractivity contribution in [3.05, 3.63) is 30.6 Å². The molecule has 0 aliphatic rings. The number of para-hydroxylation sites is 2. The predicted molar refractivity (Wildman–Crippen MR) is 66.3 cm³/mol. The van der Waals surface area contributed by atoms with Crippen LogP contribution in [0.15, 0.2) is 30.6 Å². The Hall–Kier alpha value is -1.35. The summed E-state index contributed by atoms with van der Waals surface area (Å²) in [7, 11) is 0. The Morgan fingerprint density at radius 1 is 1.19 bits per heavy atom. The fourth-order valence-electron chi connectivity index (χ4n) is 2.04. The van der Waals surface area contributed by atoms with Crippen LogP contribution in [0.4, 0.5) is 0 Å². The summed E-state index contributed by atoms with van der Waals surface area (Å²) in [6.07, 6.45) is 2.06. The lowest BCUT2D eigenvalue weighted by atomic mass is 10.3. The van der Waals surface area contributed by atoms with E-state index < -0.39 is 0 Å². The van der Waals surface area contributed by atoms with Crippen molar-refractivity contribution in [1.82, 2.24) is 9.88 Å². The summed E-state index contributed by atoms with van der Waals surface area (Å²) in [5.74, 6) is 0. The maximum absolute atomic E-state index is 3.29. The smallest absolute Gasteiger partial charge is 0.242 e. The first-order valence-electron chi connectivity index (χ1n) is 6.03. The van der Waals surface area contributed by atoms with Gasteiger partial charge in [0.1, 0.15) is 6.54 Å². The van der Waals surface area contributed by atoms with E-state index in [4.69, 9.17) is 0 Å². The van der Waals surface area contributed by atoms with Crippen LogP contribution in [0.3, 0.4) is 0 Å². The van der Waals surface area contributed by atoms with Crippen molar-refractivity contribution in [3.8, 4) is 0 Å². The molecule has 86 valence electrons. The molecule has 2 rings (SSSR count). The Kier molecular flexibility index (Phi) is 3.57. The fraction of sp³-hybridized carbons (Fsp3) is 0.462. The van der Waals surface area contributed by atoms with E-state index >= 15 is 0 Å². The molecule has 1 aromatic heterocycles. The first-order chi connectivity index (χ1) is 7.85. The summed E-state index contributed by atoms with van der Waals surface area (Å²) < 4.78 is 2.29. The van der Waals surface area contributed by atoms with Gasteiger partial charge in [0, 0.05) is 6.54 Å². The van der Waals surface area contributed by atoms with E-state index in [2.05, 4.69) is 58.9 Å². The summed E-state index contributed by atoms with van der Waals surface area (Å²) in [6, 6.07) is 8.43. The SMILES string of the molecule is CCN(CC)CC[n+]1c[nH]c2ccccc21. The molecule has 1 aromatic carbocycles. The third-order valence-corrected chi connectivity index (χ3v) is 3.14. The number of likely N-dealkylation sites (N-methyl/N-ethyl adjacent to an activating group) is 1. The van der Waals surface area contributed by atoms with Gasteiger partial charge in [-0.05, 0) is 25.2 Å². The van der Waals surface area contributed by atoms with Crippen LogP contribution in [0.25, 0.3) is 11.0 Å². The molecule has 0 radical (unpaired) electrons. The number of aromatic nitrogens is 2. The molecule has 0 bridgehead atoms. The van der Waals surface area contributed by atoms with Crippen molar-refractivity contribution in [2.75, 3.05) is 19.6 Å². The van der Waals surface area contributed by atoms with Crippen LogP contribution in [-0.4, -0.2) is 29.5 Å². The summed E-state index contributed by atoms with van der Waals surface area (Å²) in [5.41, 5.74) is 2.50. The highest BCUT2D eigenvalue weighted by Gasteiger charge is 2.09. The van der Waals surface area contributed by atoms with Crippen LogP contribution in [0.5, 0.6) is 0 Å². The highest BCUT2D eigenvalue weighted by molar-refractivity contribution is 5.70. The number of rotatable bonds is 5. The second kappa shape index (κ2) is 5.12. The maximum atomic E-state index is 3.29. The van der Waals surface area contributed by atoms with Crippen LogP contribution >= 0.6 is 0 Å². The van der Waals surface area contributed by atoms with Crippen LogP contribution in [0.1, 0.15) is 13.8 Å². The van der Waals surface area contributed by atoms with Gasteiger partial charge in [-0.1, -0.05) is 26.0 Å². The van der Waals surface area contributed by atoms with Crippen LogP contribution < -0.4 is 4.57 Å². The van der Waals surface area contributed by atoms with Gasteiger partial charge in [-0.2, -0.15) is 0 Å². The van der Waals surface area contributed by atoms with Gasteiger partial charge < -0.3 is 0 Å². The molecule has 2 aromatic rings. The van der Waals surface area contributed by atoms with E-state index in [1.807, 2.05) is 0 Å². The van der Waals surface area contributed by atoms with Crippen LogP contribution in [-0.2, 0) is 6.54 Å². The Bertz CT molecular complexity index is 443. The zero-order valence-electron chi connectivity index (χ0n) is 10.1. The van der Waals surface area contributed by atoms with Crippen molar-refractivity contribution in [1.29, 1.82) is 0 Å². The normalized spacial score (nSPS) is 11.4. The van der Waals surface area contributed by atoms with E-state index in [9.17, 15) is 0 Å². The van der Waals surface area contributed by atoms with Gasteiger partial charge in [0.15, 0.2) is 11.0 Å². The molecule has 3 heteroatoms. The molecule has 0 unspecified atom stereocenters. The minimum Gasteiger partial charge on any atom is -0.300 e. The molecule has 1 heterocycles. The van der Waals surface area contributed by atoms with E-state index in [1.165, 1.54) is 11.0 Å². The van der Waals surface area contributed by atoms with Gasteiger partial charge in [0.2, 0.25) is 6.33 Å². The molecule has 0 atom stereocenters. The number of nitrogens with one attached hydrogen (secondary N) is 1. The number of hydrogen-bond donors (Lipinski definition) is 1. The number of nitrogens with zero attached hydrogens (tertiary/aromatic N) is 2. The third kappa shape index (κ3) is 2.25. The van der Waals surface area contributed by atoms with E-state index in [0.717, 1.165) is 26.2 Å². The number of aromatic amines is 1. The van der Waals surface area contributed by atoms with Gasteiger partial charge in [-0.3, -0.25) is 4.90 Å². The van der Waals surface area contributed by atoms with Crippen molar-refractivity contribution >= 4 is 11.0 Å². The van der Waals surface area contributed by atoms with Crippen LogP contribution in [0.2, 0.25) is 0 Å². The first kappa shape index (κ1) is 11.1. The highest BCUT2D eigenvalue weighted by Crippen LogP contribution is 2.05. The summed E-state index contributed by atoms with van der Waals surface area (Å²) >= 11 is 0. The van der Waals surface area contributed by atoms with Crippen molar-refractivity contribution in [3.63, 3.8) is 0 Å². The van der Waals surface area contributed by atoms with E-state index in [-0.39, 0.29) is 0 Å². The molecule has 0 aliphatic carbocycles. The van der Waals surface area contributed by atoms with Crippen molar-refractivity contribution in [2.45, 2.75) is 20.4 Å². The molecule has 0 amide bonds. The average Bonchev–Trinajstić information content (AvgIpc) is 2.74. The number of hydrogen-bond acceptors (Lipinski definition) is 1. The topological polar surface area (TPSA) is 22.9 Å². The van der Waals surface area contributed by atoms with Gasteiger partial charge in [-0.25, -0.2) is 9.55 Å². The molecule has 1 N–H and O–H groups in total. The number of H-pyrrole nitrogens is 1. The Morgan fingerprint density at radius 3 is 2.69 bits per heavy atom. The molecule has 3 nitrogen and oxygen atoms in total. The number of benzene rings is 1. The third-order valence-electron chi connectivity index (χ3n) is 3.14. The number of imidazole rings is 1. The monoisotopic (exact) mass is 218 g/mol. The van der Waals surface area contributed by atoms with E-state index in [0.29, 0.717) is 0 Å². The average molecular weight is 218 g/mol. The fourth-order valence-corrected chi connectivity index (χ4v) is 2.04. The largest absolute Gasteiger partial charge is 0.300 e. The standard InChI is InChI=1S/C13H19N3/c1-3-15(4-2)9-10-16-11-14-12-7-5-6-8-13(12)16/h5-8,11H,3-4,9-10H2,1-2H3/p+1. The second-order valence-corrected chi connectivity index (χ2v) is 4.01. The molecule has 0 fully saturated rings. The molecular formula is C13H20N3+. The van der Waals surface area contributed by atoms with Gasteiger partial charge in [-0.15, -0.1) is 0 Å². The highest BCUT2D eigenvalue weighted by atomic mass is 15.1. The summed E-state index contributed by atoms with van der Waals surface area (Å²) in [5, 5.41) is 0. The Morgan fingerprint density at radius 2 is 1.94 bits per heavy atom. The molecule has 0 saturated heterocycles. The van der Waals surface area contributed by atoms with Gasteiger partial charge in [0.25, 0.3) is 0 Å². The van der Waals surface area contributed by atoms with Gasteiger partial charge >= 0.3 is 0 Å². The lowest BCUT2D eigenvalue weighted by Gasteiger charge is -2.16. The van der Waals surface area contributed by atoms with Crippen LogP contribution in [0, 0.1) is 0 Å². The zero-order chi connectivity index (χ0) is 11.4. The second-order valence-electron chi connectivity index (χ2n) is 4.01. The predicted octanol–water partition coefficient (Wildman–Crippen LogP) is 1.80.